The number of aromatic hydroxyl groups is 1. The molecular weight excluding hydrogens is 324 g/mol. The SMILES string of the molecule is CC(=NS(=O)(=O)c1ccccc1)Nc1cc(C(C)C)c(O)cc1C. The Kier molecular flexibility index (Phi) is 5.29. The average molecular weight is 346 g/mol. The molecule has 5 nitrogen and oxygen atoms in total. The Labute approximate surface area is 143 Å². The maximum absolute atomic E-state index is 12.3. The highest BCUT2D eigenvalue weighted by molar-refractivity contribution is 7.90. The molecule has 2 N–H and O–H groups in total. The minimum atomic E-state index is -3.75. The number of phenols is 1. The van der Waals surface area contributed by atoms with Crippen molar-refractivity contribution in [2.24, 2.45) is 4.40 Å². The monoisotopic (exact) mass is 346 g/mol. The fourth-order valence-corrected chi connectivity index (χ4v) is 3.36. The van der Waals surface area contributed by atoms with Gasteiger partial charge in [-0.3, -0.25) is 0 Å². The van der Waals surface area contributed by atoms with Gasteiger partial charge in [-0.1, -0.05) is 32.0 Å². The van der Waals surface area contributed by atoms with E-state index < -0.39 is 10.0 Å². The standard InChI is InChI=1S/C18H22N2O3S/c1-12(2)16-11-17(13(3)10-18(16)21)19-14(4)20-24(22,23)15-8-6-5-7-9-15/h5-12,21H,1-4H3,(H,19,20). The van der Waals surface area contributed by atoms with Crippen molar-refractivity contribution in [2.45, 2.75) is 38.5 Å². The van der Waals surface area contributed by atoms with Crippen LogP contribution in [0.15, 0.2) is 51.8 Å². The molecule has 0 radical (unpaired) electrons. The third-order valence-corrected chi connectivity index (χ3v) is 4.99. The number of rotatable bonds is 4. The minimum Gasteiger partial charge on any atom is -0.508 e. The largest absolute Gasteiger partial charge is 0.508 e. The van der Waals surface area contributed by atoms with Gasteiger partial charge in [0.25, 0.3) is 10.0 Å². The molecule has 0 amide bonds. The molecule has 6 heteroatoms. The van der Waals surface area contributed by atoms with E-state index >= 15 is 0 Å². The summed E-state index contributed by atoms with van der Waals surface area (Å²) < 4.78 is 28.4. The van der Waals surface area contributed by atoms with Gasteiger partial charge in [0, 0.05) is 5.69 Å². The second kappa shape index (κ2) is 7.05. The van der Waals surface area contributed by atoms with Crippen LogP contribution in [0.25, 0.3) is 0 Å². The lowest BCUT2D eigenvalue weighted by Gasteiger charge is -2.15. The van der Waals surface area contributed by atoms with E-state index in [1.165, 1.54) is 12.1 Å². The predicted octanol–water partition coefficient (Wildman–Crippen LogP) is 4.04. The second-order valence-corrected chi connectivity index (χ2v) is 7.57. The van der Waals surface area contributed by atoms with Crippen molar-refractivity contribution in [2.75, 3.05) is 5.32 Å². The molecule has 0 bridgehead atoms. The van der Waals surface area contributed by atoms with Crippen LogP contribution in [0.1, 0.15) is 37.8 Å². The van der Waals surface area contributed by atoms with Gasteiger partial charge in [-0.15, -0.1) is 4.40 Å². The summed E-state index contributed by atoms with van der Waals surface area (Å²) in [6.07, 6.45) is 0. The molecule has 0 heterocycles. The summed E-state index contributed by atoms with van der Waals surface area (Å²) in [5.41, 5.74) is 2.33. The summed E-state index contributed by atoms with van der Waals surface area (Å²) in [4.78, 5) is 0.149. The first-order chi connectivity index (χ1) is 11.2. The third kappa shape index (κ3) is 4.14. The molecule has 2 rings (SSSR count). The van der Waals surface area contributed by atoms with Crippen LogP contribution in [0, 0.1) is 6.92 Å². The summed E-state index contributed by atoms with van der Waals surface area (Å²) in [7, 11) is -3.75. The molecule has 2 aromatic carbocycles. The Hall–Kier alpha value is -2.34. The molecule has 0 fully saturated rings. The Morgan fingerprint density at radius 2 is 1.79 bits per heavy atom. The number of benzene rings is 2. The highest BCUT2D eigenvalue weighted by Crippen LogP contribution is 2.31. The fraction of sp³-hybridized carbons (Fsp3) is 0.278. The molecule has 0 saturated heterocycles. The Morgan fingerprint density at radius 3 is 2.38 bits per heavy atom. The van der Waals surface area contributed by atoms with Gasteiger partial charge in [0.05, 0.1) is 4.90 Å². The van der Waals surface area contributed by atoms with E-state index in [0.29, 0.717) is 0 Å². The maximum atomic E-state index is 12.3. The molecule has 0 aliphatic heterocycles. The number of phenolic OH excluding ortho intramolecular Hbond substituents is 1. The van der Waals surface area contributed by atoms with Gasteiger partial charge in [0.2, 0.25) is 0 Å². The minimum absolute atomic E-state index is 0.149. The summed E-state index contributed by atoms with van der Waals surface area (Å²) >= 11 is 0. The highest BCUT2D eigenvalue weighted by Gasteiger charge is 2.14. The summed E-state index contributed by atoms with van der Waals surface area (Å²) in [6, 6.07) is 11.6. The van der Waals surface area contributed by atoms with E-state index in [-0.39, 0.29) is 22.4 Å². The lowest BCUT2D eigenvalue weighted by molar-refractivity contribution is 0.464. The maximum Gasteiger partial charge on any atom is 0.283 e. The molecule has 0 aliphatic carbocycles. The Balaban J connectivity index is 2.33. The molecule has 0 atom stereocenters. The van der Waals surface area contributed by atoms with Gasteiger partial charge in [-0.25, -0.2) is 0 Å². The molecule has 0 aliphatic rings. The Morgan fingerprint density at radius 1 is 1.17 bits per heavy atom. The predicted molar refractivity (Wildman–Crippen MR) is 97.3 cm³/mol. The normalized spacial score (nSPS) is 12.5. The van der Waals surface area contributed by atoms with Crippen LogP contribution < -0.4 is 5.32 Å². The number of hydrogen-bond donors (Lipinski definition) is 2. The van der Waals surface area contributed by atoms with Crippen molar-refractivity contribution in [3.05, 3.63) is 53.6 Å². The van der Waals surface area contributed by atoms with E-state index in [0.717, 1.165) is 16.8 Å². The summed E-state index contributed by atoms with van der Waals surface area (Å²) in [6.45, 7) is 7.40. The third-order valence-electron chi connectivity index (χ3n) is 3.61. The van der Waals surface area contributed by atoms with Crippen molar-refractivity contribution in [1.29, 1.82) is 0 Å². The highest BCUT2D eigenvalue weighted by atomic mass is 32.2. The summed E-state index contributed by atoms with van der Waals surface area (Å²) in [5.74, 6) is 0.651. The molecule has 2 aromatic rings. The van der Waals surface area contributed by atoms with Gasteiger partial charge in [-0.2, -0.15) is 8.42 Å². The van der Waals surface area contributed by atoms with E-state index in [9.17, 15) is 13.5 Å². The van der Waals surface area contributed by atoms with Gasteiger partial charge >= 0.3 is 0 Å². The van der Waals surface area contributed by atoms with Crippen LogP contribution in [0.5, 0.6) is 5.75 Å². The smallest absolute Gasteiger partial charge is 0.283 e. The van der Waals surface area contributed by atoms with Crippen LogP contribution in [0.2, 0.25) is 0 Å². The van der Waals surface area contributed by atoms with Crippen LogP contribution >= 0.6 is 0 Å². The Bertz CT molecular complexity index is 857. The molecule has 0 spiro atoms. The zero-order valence-corrected chi connectivity index (χ0v) is 15.1. The topological polar surface area (TPSA) is 78.8 Å². The first-order valence-electron chi connectivity index (χ1n) is 7.68. The van der Waals surface area contributed by atoms with Gasteiger partial charge in [-0.05, 0) is 55.2 Å². The van der Waals surface area contributed by atoms with Gasteiger partial charge in [0.1, 0.15) is 11.6 Å². The first-order valence-corrected chi connectivity index (χ1v) is 9.12. The van der Waals surface area contributed by atoms with Crippen LogP contribution in [0.4, 0.5) is 5.69 Å². The van der Waals surface area contributed by atoms with Crippen LogP contribution in [-0.4, -0.2) is 19.4 Å². The van der Waals surface area contributed by atoms with E-state index in [4.69, 9.17) is 0 Å². The molecule has 0 aromatic heterocycles. The van der Waals surface area contributed by atoms with Crippen LogP contribution in [0.3, 0.4) is 0 Å². The number of aryl methyl sites for hydroxylation is 1. The lowest BCUT2D eigenvalue weighted by atomic mass is 9.99. The average Bonchev–Trinajstić information content (AvgIpc) is 2.50. The zero-order chi connectivity index (χ0) is 17.9. The van der Waals surface area contributed by atoms with Gasteiger partial charge < -0.3 is 10.4 Å². The fourth-order valence-electron chi connectivity index (χ4n) is 2.35. The van der Waals surface area contributed by atoms with Crippen molar-refractivity contribution >= 4 is 21.5 Å². The lowest BCUT2D eigenvalue weighted by Crippen LogP contribution is -2.12. The molecule has 24 heavy (non-hydrogen) atoms. The number of anilines is 1. The van der Waals surface area contributed by atoms with Crippen molar-refractivity contribution in [3.8, 4) is 5.75 Å². The quantitative estimate of drug-likeness (QED) is 0.497. The van der Waals surface area contributed by atoms with Crippen molar-refractivity contribution < 1.29 is 13.5 Å². The summed E-state index contributed by atoms with van der Waals surface area (Å²) in [5, 5.41) is 13.0. The number of hydrogen-bond acceptors (Lipinski definition) is 3. The number of sulfonamides is 1. The van der Waals surface area contributed by atoms with Crippen molar-refractivity contribution in [1.82, 2.24) is 0 Å². The molecular formula is C18H22N2O3S. The second-order valence-electron chi connectivity index (χ2n) is 5.97. The number of amidine groups is 1. The molecule has 128 valence electrons. The van der Waals surface area contributed by atoms with E-state index in [2.05, 4.69) is 9.71 Å². The zero-order valence-electron chi connectivity index (χ0n) is 14.2. The van der Waals surface area contributed by atoms with Crippen LogP contribution in [-0.2, 0) is 10.0 Å². The molecule has 0 unspecified atom stereocenters. The van der Waals surface area contributed by atoms with E-state index in [1.54, 1.807) is 31.2 Å². The van der Waals surface area contributed by atoms with E-state index in [1.807, 2.05) is 26.8 Å². The first kappa shape index (κ1) is 18.0. The van der Waals surface area contributed by atoms with Gasteiger partial charge in [0.15, 0.2) is 0 Å². The number of nitrogens with zero attached hydrogens (tertiary/aromatic N) is 1. The number of nitrogens with one attached hydrogen (secondary N) is 1. The molecule has 0 saturated carbocycles. The van der Waals surface area contributed by atoms with Crippen molar-refractivity contribution in [3.63, 3.8) is 0 Å².